The van der Waals surface area contributed by atoms with E-state index in [1.807, 2.05) is 6.07 Å². The van der Waals surface area contributed by atoms with Crippen LogP contribution in [0.5, 0.6) is 0 Å². The van der Waals surface area contributed by atoms with Gasteiger partial charge in [-0.25, -0.2) is 4.39 Å². The van der Waals surface area contributed by atoms with E-state index in [4.69, 9.17) is 4.99 Å². The highest BCUT2D eigenvalue weighted by Gasteiger charge is 2.30. The lowest BCUT2D eigenvalue weighted by Crippen LogP contribution is -2.36. The largest absolute Gasteiger partial charge is 0.360 e. The van der Waals surface area contributed by atoms with E-state index < -0.39 is 0 Å². The molecule has 104 valence electrons. The van der Waals surface area contributed by atoms with Crippen molar-refractivity contribution in [1.29, 1.82) is 0 Å². The second-order valence-corrected chi connectivity index (χ2v) is 5.92. The standard InChI is InChI=1S/C14H17FN2S.ClH/c15-11-5-3-4-10(8-11)9-18-14-16-12-6-1-2-7-13(12)17-14;/h3-5,8,12-13H,1-2,6-7,9H2,(H,16,17);1H. The fraction of sp³-hybridized carbons (Fsp3) is 0.500. The van der Waals surface area contributed by atoms with Crippen molar-refractivity contribution >= 4 is 29.3 Å². The summed E-state index contributed by atoms with van der Waals surface area (Å²) < 4.78 is 13.1. The highest BCUT2D eigenvalue weighted by molar-refractivity contribution is 8.13. The number of thioether (sulfide) groups is 1. The van der Waals surface area contributed by atoms with Gasteiger partial charge in [0.05, 0.1) is 12.1 Å². The molecule has 0 bridgehead atoms. The van der Waals surface area contributed by atoms with Gasteiger partial charge in [0.15, 0.2) is 5.17 Å². The van der Waals surface area contributed by atoms with E-state index in [-0.39, 0.29) is 18.2 Å². The van der Waals surface area contributed by atoms with Gasteiger partial charge in [0, 0.05) is 5.75 Å². The predicted molar refractivity (Wildman–Crippen MR) is 81.6 cm³/mol. The Morgan fingerprint density at radius 2 is 2.16 bits per heavy atom. The summed E-state index contributed by atoms with van der Waals surface area (Å²) >= 11 is 1.68. The summed E-state index contributed by atoms with van der Waals surface area (Å²) in [6.07, 6.45) is 5.06. The van der Waals surface area contributed by atoms with Crippen LogP contribution in [0.1, 0.15) is 31.2 Å². The molecular weight excluding hydrogens is 283 g/mol. The lowest BCUT2D eigenvalue weighted by atomic mass is 9.92. The van der Waals surface area contributed by atoms with Gasteiger partial charge in [0.1, 0.15) is 5.82 Å². The summed E-state index contributed by atoms with van der Waals surface area (Å²) in [6, 6.07) is 7.82. The Balaban J connectivity index is 0.00000133. The molecule has 2 aliphatic rings. The third kappa shape index (κ3) is 3.63. The topological polar surface area (TPSA) is 24.4 Å². The first-order valence-corrected chi connectivity index (χ1v) is 7.51. The number of hydrogen-bond acceptors (Lipinski definition) is 3. The van der Waals surface area contributed by atoms with Crippen molar-refractivity contribution in [2.75, 3.05) is 0 Å². The van der Waals surface area contributed by atoms with Gasteiger partial charge in [0.2, 0.25) is 0 Å². The maximum absolute atomic E-state index is 13.1. The third-order valence-electron chi connectivity index (χ3n) is 3.59. The molecule has 3 rings (SSSR count). The minimum absolute atomic E-state index is 0. The summed E-state index contributed by atoms with van der Waals surface area (Å²) in [5.41, 5.74) is 1.01. The lowest BCUT2D eigenvalue weighted by Gasteiger charge is -2.23. The van der Waals surface area contributed by atoms with Crippen LogP contribution in [0.15, 0.2) is 29.3 Å². The summed E-state index contributed by atoms with van der Waals surface area (Å²) in [5.74, 6) is 0.617. The Bertz CT molecular complexity index is 467. The van der Waals surface area contributed by atoms with Crippen molar-refractivity contribution < 1.29 is 4.39 Å². The first-order chi connectivity index (χ1) is 8.81. The van der Waals surface area contributed by atoms with Crippen molar-refractivity contribution in [3.05, 3.63) is 35.6 Å². The van der Waals surface area contributed by atoms with E-state index in [9.17, 15) is 4.39 Å². The van der Waals surface area contributed by atoms with Crippen molar-refractivity contribution in [2.24, 2.45) is 4.99 Å². The molecular formula is C14H18ClFN2S. The van der Waals surface area contributed by atoms with Crippen LogP contribution in [0.2, 0.25) is 0 Å². The fourth-order valence-electron chi connectivity index (χ4n) is 2.64. The number of nitrogens with zero attached hydrogens (tertiary/aromatic N) is 1. The molecule has 19 heavy (non-hydrogen) atoms. The number of amidine groups is 1. The highest BCUT2D eigenvalue weighted by atomic mass is 35.5. The normalized spacial score (nSPS) is 25.0. The van der Waals surface area contributed by atoms with Crippen molar-refractivity contribution in [1.82, 2.24) is 5.32 Å². The van der Waals surface area contributed by atoms with E-state index in [1.54, 1.807) is 23.9 Å². The van der Waals surface area contributed by atoms with Gasteiger partial charge in [-0.1, -0.05) is 36.7 Å². The minimum atomic E-state index is -0.164. The molecule has 1 aliphatic heterocycles. The van der Waals surface area contributed by atoms with Crippen LogP contribution >= 0.6 is 24.2 Å². The van der Waals surface area contributed by atoms with Gasteiger partial charge in [-0.3, -0.25) is 4.99 Å². The van der Waals surface area contributed by atoms with Crippen LogP contribution in [-0.2, 0) is 5.75 Å². The van der Waals surface area contributed by atoms with E-state index in [2.05, 4.69) is 5.32 Å². The van der Waals surface area contributed by atoms with Gasteiger partial charge in [-0.05, 0) is 30.5 Å². The average Bonchev–Trinajstić information content (AvgIpc) is 2.79. The summed E-state index contributed by atoms with van der Waals surface area (Å²) in [6.45, 7) is 0. The molecule has 1 saturated carbocycles. The molecule has 0 radical (unpaired) electrons. The van der Waals surface area contributed by atoms with Crippen LogP contribution in [-0.4, -0.2) is 17.3 Å². The number of benzene rings is 1. The van der Waals surface area contributed by atoms with E-state index in [1.165, 1.54) is 31.7 Å². The van der Waals surface area contributed by atoms with Crippen LogP contribution < -0.4 is 5.32 Å². The van der Waals surface area contributed by atoms with Gasteiger partial charge in [-0.2, -0.15) is 0 Å². The molecule has 1 fully saturated rings. The smallest absolute Gasteiger partial charge is 0.157 e. The minimum Gasteiger partial charge on any atom is -0.360 e. The number of fused-ring (bicyclic) bond motifs is 1. The van der Waals surface area contributed by atoms with E-state index in [0.29, 0.717) is 12.1 Å². The number of rotatable bonds is 2. The Morgan fingerprint density at radius 3 is 2.95 bits per heavy atom. The van der Waals surface area contributed by atoms with Gasteiger partial charge in [-0.15, -0.1) is 12.4 Å². The van der Waals surface area contributed by atoms with Crippen LogP contribution in [0, 0.1) is 5.82 Å². The number of aliphatic imine (C=N–C) groups is 1. The van der Waals surface area contributed by atoms with Crippen molar-refractivity contribution in [3.63, 3.8) is 0 Å². The molecule has 0 saturated heterocycles. The summed E-state index contributed by atoms with van der Waals surface area (Å²) in [4.78, 5) is 4.72. The Morgan fingerprint density at radius 1 is 1.32 bits per heavy atom. The molecule has 1 aromatic carbocycles. The maximum Gasteiger partial charge on any atom is 0.157 e. The lowest BCUT2D eigenvalue weighted by molar-refractivity contribution is 0.385. The second-order valence-electron chi connectivity index (χ2n) is 4.96. The molecule has 1 aliphatic carbocycles. The number of nitrogens with one attached hydrogen (secondary N) is 1. The molecule has 1 aromatic rings. The third-order valence-corrected chi connectivity index (χ3v) is 4.56. The summed E-state index contributed by atoms with van der Waals surface area (Å²) in [5, 5.41) is 4.54. The van der Waals surface area contributed by atoms with Crippen LogP contribution in [0.25, 0.3) is 0 Å². The van der Waals surface area contributed by atoms with Gasteiger partial charge < -0.3 is 5.32 Å². The number of hydrogen-bond donors (Lipinski definition) is 1. The SMILES string of the molecule is Cl.Fc1cccc(CSC2=NC3CCCCC3N2)c1. The Labute approximate surface area is 123 Å². The Hall–Kier alpha value is -0.740. The quantitative estimate of drug-likeness (QED) is 0.899. The van der Waals surface area contributed by atoms with E-state index >= 15 is 0 Å². The van der Waals surface area contributed by atoms with Gasteiger partial charge in [0.25, 0.3) is 0 Å². The molecule has 1 N–H and O–H groups in total. The predicted octanol–water partition coefficient (Wildman–Crippen LogP) is 3.75. The molecule has 0 aromatic heterocycles. The molecule has 2 atom stereocenters. The van der Waals surface area contributed by atoms with Crippen LogP contribution in [0.3, 0.4) is 0 Å². The van der Waals surface area contributed by atoms with Crippen LogP contribution in [0.4, 0.5) is 4.39 Å². The average molecular weight is 301 g/mol. The van der Waals surface area contributed by atoms with Crippen molar-refractivity contribution in [2.45, 2.75) is 43.5 Å². The fourth-order valence-corrected chi connectivity index (χ4v) is 3.57. The Kier molecular flexibility index (Phi) is 5.11. The summed E-state index contributed by atoms with van der Waals surface area (Å²) in [7, 11) is 0. The zero-order valence-electron chi connectivity index (χ0n) is 10.6. The first kappa shape index (κ1) is 14.7. The highest BCUT2D eigenvalue weighted by Crippen LogP contribution is 2.28. The zero-order chi connectivity index (χ0) is 12.4. The monoisotopic (exact) mass is 300 g/mol. The number of halogens is 2. The van der Waals surface area contributed by atoms with E-state index in [0.717, 1.165) is 16.5 Å². The maximum atomic E-state index is 13.1. The molecule has 0 amide bonds. The van der Waals surface area contributed by atoms with Gasteiger partial charge >= 0.3 is 0 Å². The molecule has 2 unspecified atom stereocenters. The first-order valence-electron chi connectivity index (χ1n) is 6.53. The molecule has 5 heteroatoms. The molecule has 1 heterocycles. The zero-order valence-corrected chi connectivity index (χ0v) is 12.3. The molecule has 0 spiro atoms. The second kappa shape index (κ2) is 6.62. The van der Waals surface area contributed by atoms with Crippen molar-refractivity contribution in [3.8, 4) is 0 Å². The molecule has 2 nitrogen and oxygen atoms in total.